The van der Waals surface area contributed by atoms with Crippen LogP contribution in [0.2, 0.25) is 0 Å². The predicted octanol–water partition coefficient (Wildman–Crippen LogP) is 3.55. The summed E-state index contributed by atoms with van der Waals surface area (Å²) in [6.07, 6.45) is 1.59. The summed E-state index contributed by atoms with van der Waals surface area (Å²) in [6, 6.07) is 7.10. The molecule has 0 saturated heterocycles. The van der Waals surface area contributed by atoms with Crippen molar-refractivity contribution in [3.8, 4) is 5.75 Å². The first-order chi connectivity index (χ1) is 12.2. The highest BCUT2D eigenvalue weighted by Crippen LogP contribution is 2.27. The molecule has 6 nitrogen and oxygen atoms in total. The van der Waals surface area contributed by atoms with Gasteiger partial charge in [-0.3, -0.25) is 9.59 Å². The quantitative estimate of drug-likeness (QED) is 0.838. The van der Waals surface area contributed by atoms with E-state index >= 15 is 0 Å². The molecule has 140 valence electrons. The van der Waals surface area contributed by atoms with Crippen LogP contribution in [0.5, 0.6) is 5.75 Å². The number of anilines is 1. The first-order valence-corrected chi connectivity index (χ1v) is 9.25. The number of thiazole rings is 1. The summed E-state index contributed by atoms with van der Waals surface area (Å²) in [7, 11) is 1.57. The largest absolute Gasteiger partial charge is 0.497 e. The fourth-order valence-electron chi connectivity index (χ4n) is 2.28. The van der Waals surface area contributed by atoms with Crippen LogP contribution in [-0.2, 0) is 10.2 Å². The first kappa shape index (κ1) is 19.9. The number of benzene rings is 1. The molecule has 1 heterocycles. The number of aromatic nitrogens is 1. The number of nitrogens with zero attached hydrogens (tertiary/aromatic N) is 2. The number of hydrogen-bond acceptors (Lipinski definition) is 5. The molecule has 0 saturated carbocycles. The van der Waals surface area contributed by atoms with Gasteiger partial charge in [0.2, 0.25) is 5.91 Å². The lowest BCUT2D eigenvalue weighted by atomic mass is 9.98. The molecule has 0 bridgehead atoms. The van der Waals surface area contributed by atoms with Crippen molar-refractivity contribution in [2.45, 2.75) is 33.1 Å². The molecule has 1 aromatic heterocycles. The number of carbonyl (C=O) groups is 2. The molecule has 0 unspecified atom stereocenters. The van der Waals surface area contributed by atoms with Crippen molar-refractivity contribution < 1.29 is 14.3 Å². The Kier molecular flexibility index (Phi) is 6.37. The Morgan fingerprint density at radius 1 is 1.31 bits per heavy atom. The van der Waals surface area contributed by atoms with Gasteiger partial charge in [0.05, 0.1) is 18.3 Å². The van der Waals surface area contributed by atoms with Gasteiger partial charge in [-0.2, -0.15) is 0 Å². The Morgan fingerprint density at radius 3 is 2.62 bits per heavy atom. The third-order valence-corrected chi connectivity index (χ3v) is 5.13. The molecule has 2 amide bonds. The summed E-state index contributed by atoms with van der Waals surface area (Å²) in [5.74, 6) is 0.223. The second-order valence-corrected chi connectivity index (χ2v) is 7.91. The number of ether oxygens (including phenoxy) is 1. The van der Waals surface area contributed by atoms with Gasteiger partial charge in [-0.1, -0.05) is 26.8 Å². The second-order valence-electron chi connectivity index (χ2n) is 6.88. The molecule has 1 N–H and O–H groups in total. The van der Waals surface area contributed by atoms with Crippen LogP contribution in [0, 0.1) is 0 Å². The van der Waals surface area contributed by atoms with E-state index in [2.05, 4.69) is 31.1 Å². The van der Waals surface area contributed by atoms with E-state index in [1.807, 2.05) is 6.92 Å². The zero-order chi connectivity index (χ0) is 19.3. The molecule has 0 fully saturated rings. The van der Waals surface area contributed by atoms with Gasteiger partial charge in [-0.05, 0) is 19.1 Å². The number of likely N-dealkylation sites (N-methyl/N-ethyl adjacent to an activating group) is 1. The lowest BCUT2D eigenvalue weighted by Gasteiger charge is -2.19. The summed E-state index contributed by atoms with van der Waals surface area (Å²) in [6.45, 7) is 8.43. The number of rotatable bonds is 6. The van der Waals surface area contributed by atoms with Crippen LogP contribution in [0.4, 0.5) is 5.69 Å². The third-order valence-electron chi connectivity index (χ3n) is 3.71. The molecule has 0 aliphatic carbocycles. The van der Waals surface area contributed by atoms with Gasteiger partial charge in [-0.25, -0.2) is 4.98 Å². The summed E-state index contributed by atoms with van der Waals surface area (Å²) in [5.41, 5.74) is 0.523. The van der Waals surface area contributed by atoms with E-state index in [1.165, 1.54) is 16.2 Å². The SMILES string of the molecule is CCN(CC(=O)Nc1cccc(OC)c1)C(=O)c1cnc(C(C)(C)C)s1. The Labute approximate surface area is 158 Å². The smallest absolute Gasteiger partial charge is 0.266 e. The molecule has 0 radical (unpaired) electrons. The lowest BCUT2D eigenvalue weighted by Crippen LogP contribution is -2.37. The molecule has 0 atom stereocenters. The molecule has 2 aromatic rings. The molecule has 2 rings (SSSR count). The second kappa shape index (κ2) is 8.31. The third kappa shape index (κ3) is 5.05. The normalized spacial score (nSPS) is 11.1. The Morgan fingerprint density at radius 2 is 2.04 bits per heavy atom. The number of methoxy groups -OCH3 is 1. The Balaban J connectivity index is 2.04. The maximum absolute atomic E-state index is 12.7. The monoisotopic (exact) mass is 375 g/mol. The van der Waals surface area contributed by atoms with Gasteiger partial charge < -0.3 is 15.0 Å². The van der Waals surface area contributed by atoms with E-state index in [-0.39, 0.29) is 23.8 Å². The van der Waals surface area contributed by atoms with E-state index in [0.29, 0.717) is 22.9 Å². The minimum absolute atomic E-state index is 0.0186. The number of amides is 2. The first-order valence-electron chi connectivity index (χ1n) is 8.44. The van der Waals surface area contributed by atoms with Crippen molar-refractivity contribution >= 4 is 28.8 Å². The Hall–Kier alpha value is -2.41. The minimum atomic E-state index is -0.256. The molecule has 0 aliphatic heterocycles. The minimum Gasteiger partial charge on any atom is -0.497 e. The molecule has 0 spiro atoms. The molecular formula is C19H25N3O3S. The molecule has 26 heavy (non-hydrogen) atoms. The van der Waals surface area contributed by atoms with E-state index < -0.39 is 0 Å². The van der Waals surface area contributed by atoms with Crippen molar-refractivity contribution in [1.29, 1.82) is 0 Å². The van der Waals surface area contributed by atoms with Crippen molar-refractivity contribution in [3.05, 3.63) is 40.3 Å². The van der Waals surface area contributed by atoms with Gasteiger partial charge >= 0.3 is 0 Å². The van der Waals surface area contributed by atoms with Crippen LogP contribution >= 0.6 is 11.3 Å². The van der Waals surface area contributed by atoms with E-state index in [1.54, 1.807) is 37.6 Å². The molecular weight excluding hydrogens is 350 g/mol. The maximum atomic E-state index is 12.7. The fraction of sp³-hybridized carbons (Fsp3) is 0.421. The van der Waals surface area contributed by atoms with Gasteiger partial charge in [0, 0.05) is 23.7 Å². The molecule has 7 heteroatoms. The summed E-state index contributed by atoms with van der Waals surface area (Å²) >= 11 is 1.38. The van der Waals surface area contributed by atoms with Gasteiger partial charge in [0.15, 0.2) is 0 Å². The number of nitrogens with one attached hydrogen (secondary N) is 1. The highest BCUT2D eigenvalue weighted by molar-refractivity contribution is 7.13. The van der Waals surface area contributed by atoms with Gasteiger partial charge in [0.25, 0.3) is 5.91 Å². The zero-order valence-corrected chi connectivity index (χ0v) is 16.6. The van der Waals surface area contributed by atoms with Gasteiger partial charge in [0.1, 0.15) is 17.2 Å². The summed E-state index contributed by atoms with van der Waals surface area (Å²) in [5, 5.41) is 3.69. The van der Waals surface area contributed by atoms with Crippen LogP contribution in [0.1, 0.15) is 42.4 Å². The number of hydrogen-bond donors (Lipinski definition) is 1. The summed E-state index contributed by atoms with van der Waals surface area (Å²) in [4.78, 5) is 31.4. The van der Waals surface area contributed by atoms with Crippen molar-refractivity contribution in [1.82, 2.24) is 9.88 Å². The van der Waals surface area contributed by atoms with Crippen LogP contribution in [0.25, 0.3) is 0 Å². The average molecular weight is 375 g/mol. The molecule has 1 aromatic carbocycles. The topological polar surface area (TPSA) is 71.5 Å². The maximum Gasteiger partial charge on any atom is 0.266 e. The lowest BCUT2D eigenvalue weighted by molar-refractivity contribution is -0.116. The van der Waals surface area contributed by atoms with Gasteiger partial charge in [-0.15, -0.1) is 11.3 Å². The van der Waals surface area contributed by atoms with E-state index in [9.17, 15) is 9.59 Å². The highest BCUT2D eigenvalue weighted by Gasteiger charge is 2.23. The fourth-order valence-corrected chi connectivity index (χ4v) is 3.22. The van der Waals surface area contributed by atoms with Crippen molar-refractivity contribution in [2.24, 2.45) is 0 Å². The van der Waals surface area contributed by atoms with Crippen molar-refractivity contribution in [2.75, 3.05) is 25.5 Å². The average Bonchev–Trinajstić information content (AvgIpc) is 3.09. The van der Waals surface area contributed by atoms with Crippen LogP contribution in [0.15, 0.2) is 30.5 Å². The van der Waals surface area contributed by atoms with Crippen molar-refractivity contribution in [3.63, 3.8) is 0 Å². The highest BCUT2D eigenvalue weighted by atomic mass is 32.1. The Bertz CT molecular complexity index is 780. The standard InChI is InChI=1S/C19H25N3O3S/c1-6-22(17(24)15-11-20-18(26-15)19(2,3)4)12-16(23)21-13-8-7-9-14(10-13)25-5/h7-11H,6,12H2,1-5H3,(H,21,23). The summed E-state index contributed by atoms with van der Waals surface area (Å²) < 4.78 is 5.14. The van der Waals surface area contributed by atoms with Crippen LogP contribution in [0.3, 0.4) is 0 Å². The van der Waals surface area contributed by atoms with E-state index in [0.717, 1.165) is 5.01 Å². The van der Waals surface area contributed by atoms with Crippen LogP contribution in [-0.4, -0.2) is 41.9 Å². The molecule has 0 aliphatic rings. The zero-order valence-electron chi connectivity index (χ0n) is 15.8. The van der Waals surface area contributed by atoms with E-state index in [4.69, 9.17) is 4.74 Å². The number of carbonyl (C=O) groups excluding carboxylic acids is 2. The predicted molar refractivity (Wildman–Crippen MR) is 104 cm³/mol. The van der Waals surface area contributed by atoms with Crippen LogP contribution < -0.4 is 10.1 Å².